The fourth-order valence-corrected chi connectivity index (χ4v) is 2.69. The summed E-state index contributed by atoms with van der Waals surface area (Å²) in [7, 11) is 1.87. The van der Waals surface area contributed by atoms with Gasteiger partial charge in [0.05, 0.1) is 6.20 Å². The second-order valence-electron chi connectivity index (χ2n) is 4.53. The Bertz CT molecular complexity index is 502. The first kappa shape index (κ1) is 11.7. The maximum atomic E-state index is 12.3. The second kappa shape index (κ2) is 4.07. The van der Waals surface area contributed by atoms with Gasteiger partial charge in [0.2, 0.25) is 5.28 Å². The minimum Gasteiger partial charge on any atom is -0.381 e. The van der Waals surface area contributed by atoms with Gasteiger partial charge >= 0.3 is 0 Å². The van der Waals surface area contributed by atoms with Crippen LogP contribution in [0.4, 0.5) is 11.5 Å². The van der Waals surface area contributed by atoms with Gasteiger partial charge in [-0.3, -0.25) is 4.79 Å². The third-order valence-corrected chi connectivity index (χ3v) is 3.87. The summed E-state index contributed by atoms with van der Waals surface area (Å²) in [5, 5.41) is 3.04. The molecule has 1 aromatic rings. The minimum absolute atomic E-state index is 0.0216. The first-order valence-corrected chi connectivity index (χ1v) is 6.17. The zero-order valence-corrected chi connectivity index (χ0v) is 10.7. The number of ether oxygens (including phenoxy) is 1. The number of fused-ring (bicyclic) bond motifs is 1. The highest BCUT2D eigenvalue weighted by Crippen LogP contribution is 2.39. The molecule has 0 unspecified atom stereocenters. The molecule has 0 radical (unpaired) electrons. The van der Waals surface area contributed by atoms with Crippen molar-refractivity contribution in [3.8, 4) is 0 Å². The number of amides is 1. The van der Waals surface area contributed by atoms with Crippen LogP contribution in [0.3, 0.4) is 0 Å². The monoisotopic (exact) mass is 268 g/mol. The van der Waals surface area contributed by atoms with Crippen LogP contribution in [-0.2, 0) is 9.53 Å². The predicted octanol–water partition coefficient (Wildman–Crippen LogP) is 1.07. The quantitative estimate of drug-likeness (QED) is 0.713. The summed E-state index contributed by atoms with van der Waals surface area (Å²) < 4.78 is 5.34. The van der Waals surface area contributed by atoms with Crippen LogP contribution in [0.1, 0.15) is 12.8 Å². The number of halogens is 1. The van der Waals surface area contributed by atoms with E-state index in [0.29, 0.717) is 37.6 Å². The number of anilines is 2. The van der Waals surface area contributed by atoms with Gasteiger partial charge < -0.3 is 15.0 Å². The van der Waals surface area contributed by atoms with Crippen molar-refractivity contribution in [2.24, 2.45) is 0 Å². The van der Waals surface area contributed by atoms with E-state index in [1.807, 2.05) is 11.9 Å². The lowest BCUT2D eigenvalue weighted by Crippen LogP contribution is -2.61. The third-order valence-electron chi connectivity index (χ3n) is 3.69. The number of hydrogen-bond acceptors (Lipinski definition) is 5. The number of carbonyl (C=O) groups is 1. The predicted molar refractivity (Wildman–Crippen MR) is 66.9 cm³/mol. The second-order valence-corrected chi connectivity index (χ2v) is 4.87. The van der Waals surface area contributed by atoms with E-state index < -0.39 is 5.54 Å². The summed E-state index contributed by atoms with van der Waals surface area (Å²) in [5.74, 6) is 0.642. The maximum absolute atomic E-state index is 12.3. The zero-order valence-electron chi connectivity index (χ0n) is 9.94. The molecule has 0 aromatic carbocycles. The summed E-state index contributed by atoms with van der Waals surface area (Å²) in [6.45, 7) is 1.15. The van der Waals surface area contributed by atoms with Crippen LogP contribution in [-0.4, -0.2) is 41.7 Å². The van der Waals surface area contributed by atoms with Crippen molar-refractivity contribution in [1.82, 2.24) is 9.97 Å². The Balaban J connectivity index is 2.07. The molecule has 3 rings (SSSR count). The van der Waals surface area contributed by atoms with Crippen LogP contribution >= 0.6 is 11.6 Å². The Hall–Kier alpha value is -1.40. The molecule has 1 N–H and O–H groups in total. The summed E-state index contributed by atoms with van der Waals surface area (Å²) >= 11 is 5.82. The number of carbonyl (C=O) groups excluding carboxylic acids is 1. The summed E-state index contributed by atoms with van der Waals surface area (Å²) in [6.07, 6.45) is 2.83. The minimum atomic E-state index is -0.580. The van der Waals surface area contributed by atoms with Crippen molar-refractivity contribution in [2.45, 2.75) is 18.4 Å². The Morgan fingerprint density at radius 1 is 1.50 bits per heavy atom. The molecule has 1 aromatic heterocycles. The third kappa shape index (κ3) is 1.56. The number of nitrogens with one attached hydrogen (secondary N) is 1. The highest BCUT2D eigenvalue weighted by Gasteiger charge is 2.48. The van der Waals surface area contributed by atoms with E-state index in [9.17, 15) is 4.79 Å². The number of aromatic nitrogens is 2. The average molecular weight is 269 g/mol. The van der Waals surface area contributed by atoms with E-state index in [2.05, 4.69) is 15.3 Å². The van der Waals surface area contributed by atoms with E-state index in [0.717, 1.165) is 0 Å². The lowest BCUT2D eigenvalue weighted by molar-refractivity contribution is -0.124. The molecule has 2 aliphatic rings. The maximum Gasteiger partial charge on any atom is 0.250 e. The van der Waals surface area contributed by atoms with Crippen LogP contribution < -0.4 is 10.2 Å². The standard InChI is InChI=1S/C11H13ClN4O2/c1-16-8-7(6-13-10(12)15-8)14-9(17)11(16)2-4-18-5-3-11/h6H,2-5H2,1H3,(H,14,17). The van der Waals surface area contributed by atoms with Gasteiger partial charge in [0, 0.05) is 33.1 Å². The molecule has 1 spiro atoms. The first-order valence-electron chi connectivity index (χ1n) is 5.79. The van der Waals surface area contributed by atoms with Crippen molar-refractivity contribution < 1.29 is 9.53 Å². The van der Waals surface area contributed by atoms with Crippen molar-refractivity contribution in [3.05, 3.63) is 11.5 Å². The van der Waals surface area contributed by atoms with Crippen LogP contribution in [0.25, 0.3) is 0 Å². The topological polar surface area (TPSA) is 67.4 Å². The normalized spacial score (nSPS) is 21.7. The molecule has 0 bridgehead atoms. The summed E-state index contributed by atoms with van der Waals surface area (Å²) in [5.41, 5.74) is 0.0205. The number of rotatable bonds is 0. The van der Waals surface area contributed by atoms with Gasteiger partial charge in [-0.05, 0) is 11.6 Å². The van der Waals surface area contributed by atoms with Gasteiger partial charge in [-0.15, -0.1) is 0 Å². The highest BCUT2D eigenvalue weighted by atomic mass is 35.5. The molecule has 18 heavy (non-hydrogen) atoms. The van der Waals surface area contributed by atoms with Gasteiger partial charge in [-0.2, -0.15) is 4.98 Å². The molecular formula is C11H13ClN4O2. The molecule has 1 saturated heterocycles. The van der Waals surface area contributed by atoms with E-state index in [1.54, 1.807) is 0 Å². The molecule has 7 heteroatoms. The van der Waals surface area contributed by atoms with Crippen LogP contribution in [0, 0.1) is 0 Å². The van der Waals surface area contributed by atoms with Gasteiger partial charge in [-0.25, -0.2) is 4.98 Å². The van der Waals surface area contributed by atoms with Crippen molar-refractivity contribution in [1.29, 1.82) is 0 Å². The van der Waals surface area contributed by atoms with Gasteiger partial charge in [0.15, 0.2) is 5.82 Å². The van der Waals surface area contributed by atoms with E-state index >= 15 is 0 Å². The molecular weight excluding hydrogens is 256 g/mol. The van der Waals surface area contributed by atoms with Crippen LogP contribution in [0.15, 0.2) is 6.20 Å². The highest BCUT2D eigenvalue weighted by molar-refractivity contribution is 6.28. The Morgan fingerprint density at radius 2 is 2.22 bits per heavy atom. The molecule has 0 saturated carbocycles. The smallest absolute Gasteiger partial charge is 0.250 e. The molecule has 1 amide bonds. The van der Waals surface area contributed by atoms with E-state index in [1.165, 1.54) is 6.20 Å². The SMILES string of the molecule is CN1c2nc(Cl)ncc2NC(=O)C12CCOCC2. The molecule has 1 fully saturated rings. The van der Waals surface area contributed by atoms with Gasteiger partial charge in [-0.1, -0.05) is 0 Å². The summed E-state index contributed by atoms with van der Waals surface area (Å²) in [4.78, 5) is 22.3. The van der Waals surface area contributed by atoms with Gasteiger partial charge in [0.1, 0.15) is 11.2 Å². The molecule has 96 valence electrons. The van der Waals surface area contributed by atoms with Crippen molar-refractivity contribution in [3.63, 3.8) is 0 Å². The Morgan fingerprint density at radius 3 is 2.94 bits per heavy atom. The fourth-order valence-electron chi connectivity index (χ4n) is 2.56. The number of nitrogens with zero attached hydrogens (tertiary/aromatic N) is 3. The summed E-state index contributed by atoms with van der Waals surface area (Å²) in [6, 6.07) is 0. The van der Waals surface area contributed by atoms with Crippen LogP contribution in [0.5, 0.6) is 0 Å². The Kier molecular flexibility index (Phi) is 2.64. The number of likely N-dealkylation sites (N-methyl/N-ethyl adjacent to an activating group) is 1. The lowest BCUT2D eigenvalue weighted by atomic mass is 9.85. The Labute approximate surface area is 109 Å². The largest absolute Gasteiger partial charge is 0.381 e. The van der Waals surface area contributed by atoms with E-state index in [-0.39, 0.29) is 11.2 Å². The average Bonchev–Trinajstić information content (AvgIpc) is 2.39. The van der Waals surface area contributed by atoms with Crippen molar-refractivity contribution in [2.75, 3.05) is 30.5 Å². The molecule has 0 aliphatic carbocycles. The van der Waals surface area contributed by atoms with Gasteiger partial charge in [0.25, 0.3) is 5.91 Å². The van der Waals surface area contributed by atoms with Crippen molar-refractivity contribution >= 4 is 29.0 Å². The molecule has 2 aliphatic heterocycles. The fraction of sp³-hybridized carbons (Fsp3) is 0.545. The first-order chi connectivity index (χ1) is 8.63. The zero-order chi connectivity index (χ0) is 12.8. The molecule has 6 nitrogen and oxygen atoms in total. The van der Waals surface area contributed by atoms with E-state index in [4.69, 9.17) is 16.3 Å². The number of hydrogen-bond donors (Lipinski definition) is 1. The molecule has 0 atom stereocenters. The van der Waals surface area contributed by atoms with Crippen LogP contribution in [0.2, 0.25) is 5.28 Å². The lowest BCUT2D eigenvalue weighted by Gasteiger charge is -2.46. The molecule has 3 heterocycles.